The van der Waals surface area contributed by atoms with Crippen molar-refractivity contribution in [3.05, 3.63) is 36.5 Å². The molecule has 1 aromatic heterocycles. The van der Waals surface area contributed by atoms with Gasteiger partial charge >= 0.3 is 0 Å². The van der Waals surface area contributed by atoms with Crippen LogP contribution in [0.1, 0.15) is 33.1 Å². The van der Waals surface area contributed by atoms with Gasteiger partial charge in [-0.3, -0.25) is 4.98 Å². The van der Waals surface area contributed by atoms with Gasteiger partial charge in [-0.2, -0.15) is 0 Å². The lowest BCUT2D eigenvalue weighted by atomic mass is 9.78. The Morgan fingerprint density at radius 1 is 1.05 bits per heavy atom. The second-order valence-electron chi connectivity index (χ2n) is 5.93. The predicted octanol–water partition coefficient (Wildman–Crippen LogP) is 4.47. The normalized spacial score (nSPS) is 27.4. The second-order valence-corrected chi connectivity index (χ2v) is 5.93. The average Bonchev–Trinajstić information content (AvgIpc) is 2.43. The number of nitrogens with one attached hydrogen (secondary N) is 1. The highest BCUT2D eigenvalue weighted by Gasteiger charge is 2.27. The van der Waals surface area contributed by atoms with E-state index in [1.165, 1.54) is 30.3 Å². The van der Waals surface area contributed by atoms with Gasteiger partial charge in [-0.1, -0.05) is 26.3 Å². The zero-order chi connectivity index (χ0) is 13.2. The Bertz CT molecular complexity index is 549. The smallest absolute Gasteiger partial charge is 0.0722 e. The molecule has 0 spiro atoms. The maximum absolute atomic E-state index is 4.43. The van der Waals surface area contributed by atoms with Crippen molar-refractivity contribution in [3.63, 3.8) is 0 Å². The summed E-state index contributed by atoms with van der Waals surface area (Å²) in [6.07, 6.45) is 5.91. The fourth-order valence-electron chi connectivity index (χ4n) is 3.38. The van der Waals surface area contributed by atoms with Crippen LogP contribution in [0.15, 0.2) is 36.5 Å². The van der Waals surface area contributed by atoms with Crippen LogP contribution in [-0.2, 0) is 0 Å². The van der Waals surface area contributed by atoms with Gasteiger partial charge in [0.1, 0.15) is 0 Å². The van der Waals surface area contributed by atoms with Gasteiger partial charge in [0, 0.05) is 23.3 Å². The van der Waals surface area contributed by atoms with E-state index in [9.17, 15) is 0 Å². The number of benzene rings is 1. The molecule has 0 radical (unpaired) electrons. The Balaban J connectivity index is 1.92. The van der Waals surface area contributed by atoms with Crippen molar-refractivity contribution in [2.24, 2.45) is 11.8 Å². The van der Waals surface area contributed by atoms with Gasteiger partial charge in [0.25, 0.3) is 0 Å². The van der Waals surface area contributed by atoms with Gasteiger partial charge < -0.3 is 5.32 Å². The van der Waals surface area contributed by atoms with E-state index in [1.54, 1.807) is 0 Å². The van der Waals surface area contributed by atoms with Gasteiger partial charge in [-0.05, 0) is 48.9 Å². The molecule has 1 N–H and O–H groups in total. The maximum Gasteiger partial charge on any atom is 0.0722 e. The van der Waals surface area contributed by atoms with Gasteiger partial charge in [0.15, 0.2) is 0 Å². The third kappa shape index (κ3) is 2.44. The largest absolute Gasteiger partial charge is 0.381 e. The summed E-state index contributed by atoms with van der Waals surface area (Å²) < 4.78 is 0. The molecule has 2 atom stereocenters. The summed E-state index contributed by atoms with van der Waals surface area (Å²) in [5, 5.41) is 5.01. The third-order valence-corrected chi connectivity index (χ3v) is 4.51. The highest BCUT2D eigenvalue weighted by molar-refractivity contribution is 5.91. The molecule has 1 aliphatic carbocycles. The van der Waals surface area contributed by atoms with Gasteiger partial charge in [0.2, 0.25) is 0 Å². The first-order chi connectivity index (χ1) is 9.25. The van der Waals surface area contributed by atoms with Crippen LogP contribution in [-0.4, -0.2) is 11.0 Å². The van der Waals surface area contributed by atoms with Crippen molar-refractivity contribution in [2.45, 2.75) is 39.2 Å². The lowest BCUT2D eigenvalue weighted by molar-refractivity contribution is 0.268. The van der Waals surface area contributed by atoms with Crippen molar-refractivity contribution in [1.29, 1.82) is 0 Å². The van der Waals surface area contributed by atoms with E-state index in [4.69, 9.17) is 0 Å². The van der Waals surface area contributed by atoms with Crippen LogP contribution >= 0.6 is 0 Å². The lowest BCUT2D eigenvalue weighted by Gasteiger charge is -2.36. The Hall–Kier alpha value is -1.57. The van der Waals surface area contributed by atoms with E-state index in [0.717, 1.165) is 17.4 Å². The molecule has 2 heteroatoms. The minimum atomic E-state index is 0.583. The molecule has 1 heterocycles. The highest BCUT2D eigenvalue weighted by Crippen LogP contribution is 2.33. The Morgan fingerprint density at radius 3 is 2.63 bits per heavy atom. The van der Waals surface area contributed by atoms with Crippen molar-refractivity contribution in [1.82, 2.24) is 4.98 Å². The van der Waals surface area contributed by atoms with Crippen molar-refractivity contribution in [2.75, 3.05) is 5.32 Å². The number of aromatic nitrogens is 1. The fourth-order valence-corrected chi connectivity index (χ4v) is 3.38. The van der Waals surface area contributed by atoms with Gasteiger partial charge in [0.05, 0.1) is 5.52 Å². The average molecular weight is 254 g/mol. The molecule has 2 aromatic rings. The molecule has 1 saturated carbocycles. The van der Waals surface area contributed by atoms with Crippen molar-refractivity contribution in [3.8, 4) is 0 Å². The number of nitrogens with zero attached hydrogens (tertiary/aromatic N) is 1. The number of pyridine rings is 1. The van der Waals surface area contributed by atoms with Crippen molar-refractivity contribution >= 4 is 16.6 Å². The van der Waals surface area contributed by atoms with E-state index in [0.29, 0.717) is 6.04 Å². The first-order valence-electron chi connectivity index (χ1n) is 7.36. The number of fused-ring (bicyclic) bond motifs is 1. The quantitative estimate of drug-likeness (QED) is 0.855. The van der Waals surface area contributed by atoms with E-state index in [1.807, 2.05) is 12.3 Å². The molecule has 1 fully saturated rings. The van der Waals surface area contributed by atoms with Crippen molar-refractivity contribution < 1.29 is 0 Å². The summed E-state index contributed by atoms with van der Waals surface area (Å²) in [6.45, 7) is 4.74. The molecule has 100 valence electrons. The number of hydrogen-bond donors (Lipinski definition) is 1. The Labute approximate surface area is 115 Å². The summed E-state index contributed by atoms with van der Waals surface area (Å²) in [4.78, 5) is 4.43. The SMILES string of the molecule is CC1CCCC(C)C1Nc1cccc2ncccc12. The minimum Gasteiger partial charge on any atom is -0.381 e. The second kappa shape index (κ2) is 5.20. The molecule has 0 aliphatic heterocycles. The maximum atomic E-state index is 4.43. The molecular weight excluding hydrogens is 232 g/mol. The third-order valence-electron chi connectivity index (χ3n) is 4.51. The Kier molecular flexibility index (Phi) is 3.41. The first-order valence-corrected chi connectivity index (χ1v) is 7.36. The molecular formula is C17H22N2. The highest BCUT2D eigenvalue weighted by atomic mass is 14.9. The fraction of sp³-hybridized carbons (Fsp3) is 0.471. The molecule has 19 heavy (non-hydrogen) atoms. The number of rotatable bonds is 2. The molecule has 3 rings (SSSR count). The Morgan fingerprint density at radius 2 is 1.84 bits per heavy atom. The van der Waals surface area contributed by atoms with Crippen LogP contribution in [0, 0.1) is 11.8 Å². The number of anilines is 1. The van der Waals surface area contributed by atoms with Gasteiger partial charge in [-0.15, -0.1) is 0 Å². The van der Waals surface area contributed by atoms with E-state index >= 15 is 0 Å². The monoisotopic (exact) mass is 254 g/mol. The molecule has 0 amide bonds. The summed E-state index contributed by atoms with van der Waals surface area (Å²) >= 11 is 0. The van der Waals surface area contributed by atoms with Gasteiger partial charge in [-0.25, -0.2) is 0 Å². The zero-order valence-corrected chi connectivity index (χ0v) is 11.8. The topological polar surface area (TPSA) is 24.9 Å². The summed E-state index contributed by atoms with van der Waals surface area (Å²) in [5.74, 6) is 1.49. The van der Waals surface area contributed by atoms with E-state index in [2.05, 4.69) is 48.4 Å². The van der Waals surface area contributed by atoms with E-state index in [-0.39, 0.29) is 0 Å². The van der Waals surface area contributed by atoms with Crippen LogP contribution in [0.2, 0.25) is 0 Å². The summed E-state index contributed by atoms with van der Waals surface area (Å²) in [6, 6.07) is 11.1. The molecule has 1 aliphatic rings. The minimum absolute atomic E-state index is 0.583. The molecule has 2 unspecified atom stereocenters. The standard InChI is InChI=1S/C17H22N2/c1-12-6-3-7-13(2)17(12)19-16-10-4-9-15-14(16)8-5-11-18-15/h4-5,8-13,17,19H,3,6-7H2,1-2H3. The molecule has 0 bridgehead atoms. The van der Waals surface area contributed by atoms with Crippen LogP contribution in [0.4, 0.5) is 5.69 Å². The first kappa shape index (κ1) is 12.5. The summed E-state index contributed by atoms with van der Waals surface area (Å²) in [7, 11) is 0. The van der Waals surface area contributed by atoms with Crippen LogP contribution in [0.5, 0.6) is 0 Å². The summed E-state index contributed by atoms with van der Waals surface area (Å²) in [5.41, 5.74) is 2.31. The van der Waals surface area contributed by atoms with Crippen LogP contribution in [0.3, 0.4) is 0 Å². The predicted molar refractivity (Wildman–Crippen MR) is 81.3 cm³/mol. The van der Waals surface area contributed by atoms with Crippen LogP contribution in [0.25, 0.3) is 10.9 Å². The van der Waals surface area contributed by atoms with Crippen LogP contribution < -0.4 is 5.32 Å². The number of hydrogen-bond acceptors (Lipinski definition) is 2. The van der Waals surface area contributed by atoms with E-state index < -0.39 is 0 Å². The molecule has 2 nitrogen and oxygen atoms in total. The molecule has 0 saturated heterocycles. The zero-order valence-electron chi connectivity index (χ0n) is 11.8. The lowest BCUT2D eigenvalue weighted by Crippen LogP contribution is -2.37. The molecule has 1 aromatic carbocycles.